The van der Waals surface area contributed by atoms with Gasteiger partial charge in [0.05, 0.1) is 6.54 Å². The number of hydrogen-bond acceptors (Lipinski definition) is 3. The van der Waals surface area contributed by atoms with Crippen LogP contribution in [0.25, 0.3) is 0 Å². The molecular weight excluding hydrogens is 345 g/mol. The van der Waals surface area contributed by atoms with Gasteiger partial charge in [0, 0.05) is 50.9 Å². The summed E-state index contributed by atoms with van der Waals surface area (Å²) in [4.78, 5) is 21.1. The Balaban J connectivity index is 1.42. The van der Waals surface area contributed by atoms with Crippen molar-refractivity contribution in [3.8, 4) is 0 Å². The molecule has 27 heavy (non-hydrogen) atoms. The first kappa shape index (κ1) is 19.5. The molecule has 0 radical (unpaired) electrons. The highest BCUT2D eigenvalue weighted by atomic mass is 19.1. The molecule has 1 aliphatic heterocycles. The van der Waals surface area contributed by atoms with Crippen molar-refractivity contribution in [3.05, 3.63) is 30.1 Å². The molecule has 6 nitrogen and oxygen atoms in total. The van der Waals surface area contributed by atoms with Gasteiger partial charge >= 0.3 is 0 Å². The SMILES string of the molecule is CCNC(=NCCC(=O)N1CCN(c2ccc(F)cc2)CC1)NC1CC1C. The smallest absolute Gasteiger partial charge is 0.224 e. The molecule has 1 saturated carbocycles. The fraction of sp³-hybridized carbons (Fsp3) is 0.600. The summed E-state index contributed by atoms with van der Waals surface area (Å²) in [6.45, 7) is 8.49. The van der Waals surface area contributed by atoms with Crippen molar-refractivity contribution in [2.75, 3.05) is 44.2 Å². The number of piperazine rings is 1. The normalized spacial score (nSPS) is 22.6. The molecule has 2 N–H and O–H groups in total. The van der Waals surface area contributed by atoms with E-state index in [1.165, 1.54) is 18.6 Å². The highest BCUT2D eigenvalue weighted by Crippen LogP contribution is 2.28. The first-order valence-electron chi connectivity index (χ1n) is 9.90. The van der Waals surface area contributed by atoms with Crippen molar-refractivity contribution < 1.29 is 9.18 Å². The van der Waals surface area contributed by atoms with Crippen LogP contribution in [-0.2, 0) is 4.79 Å². The number of amides is 1. The first-order chi connectivity index (χ1) is 13.1. The number of carbonyl (C=O) groups excluding carboxylic acids is 1. The minimum Gasteiger partial charge on any atom is -0.368 e. The fourth-order valence-corrected chi connectivity index (χ4v) is 3.31. The number of hydrogen-bond donors (Lipinski definition) is 2. The zero-order chi connectivity index (χ0) is 19.2. The van der Waals surface area contributed by atoms with Crippen molar-refractivity contribution in [1.82, 2.24) is 15.5 Å². The maximum Gasteiger partial charge on any atom is 0.224 e. The van der Waals surface area contributed by atoms with E-state index in [0.29, 0.717) is 38.0 Å². The lowest BCUT2D eigenvalue weighted by Gasteiger charge is -2.36. The number of nitrogens with zero attached hydrogens (tertiary/aromatic N) is 3. The molecule has 1 amide bonds. The lowest BCUT2D eigenvalue weighted by Crippen LogP contribution is -2.49. The van der Waals surface area contributed by atoms with Gasteiger partial charge < -0.3 is 20.4 Å². The molecule has 148 valence electrons. The summed E-state index contributed by atoms with van der Waals surface area (Å²) < 4.78 is 13.0. The van der Waals surface area contributed by atoms with E-state index >= 15 is 0 Å². The molecular formula is C20H30FN5O. The lowest BCUT2D eigenvalue weighted by molar-refractivity contribution is -0.131. The van der Waals surface area contributed by atoms with Gasteiger partial charge in [0.15, 0.2) is 5.96 Å². The Labute approximate surface area is 160 Å². The Morgan fingerprint density at radius 1 is 1.22 bits per heavy atom. The van der Waals surface area contributed by atoms with Crippen LogP contribution < -0.4 is 15.5 Å². The van der Waals surface area contributed by atoms with Gasteiger partial charge in [-0.15, -0.1) is 0 Å². The largest absolute Gasteiger partial charge is 0.368 e. The predicted octanol–water partition coefficient (Wildman–Crippen LogP) is 1.83. The summed E-state index contributed by atoms with van der Waals surface area (Å²) in [5, 5.41) is 6.64. The number of benzene rings is 1. The molecule has 2 aliphatic rings. The number of aliphatic imine (C=N–C) groups is 1. The minimum absolute atomic E-state index is 0.146. The second-order valence-electron chi connectivity index (χ2n) is 7.32. The zero-order valence-corrected chi connectivity index (χ0v) is 16.2. The monoisotopic (exact) mass is 375 g/mol. The van der Waals surface area contributed by atoms with E-state index in [2.05, 4.69) is 27.4 Å². The lowest BCUT2D eigenvalue weighted by atomic mass is 10.2. The van der Waals surface area contributed by atoms with Crippen LogP contribution in [0.3, 0.4) is 0 Å². The summed E-state index contributed by atoms with van der Waals surface area (Å²) in [5.74, 6) is 1.43. The maximum atomic E-state index is 13.0. The quantitative estimate of drug-likeness (QED) is 0.588. The van der Waals surface area contributed by atoms with Crippen LogP contribution in [0.5, 0.6) is 0 Å². The molecule has 0 bridgehead atoms. The number of anilines is 1. The van der Waals surface area contributed by atoms with E-state index in [-0.39, 0.29) is 11.7 Å². The Hall–Kier alpha value is -2.31. The fourth-order valence-electron chi connectivity index (χ4n) is 3.31. The third-order valence-corrected chi connectivity index (χ3v) is 5.20. The molecule has 1 aromatic carbocycles. The van der Waals surface area contributed by atoms with Gasteiger partial charge in [-0.25, -0.2) is 4.39 Å². The van der Waals surface area contributed by atoms with Crippen LogP contribution in [0.2, 0.25) is 0 Å². The van der Waals surface area contributed by atoms with Gasteiger partial charge in [0.25, 0.3) is 0 Å². The van der Waals surface area contributed by atoms with Crippen LogP contribution >= 0.6 is 0 Å². The molecule has 2 atom stereocenters. The van der Waals surface area contributed by atoms with Crippen molar-refractivity contribution in [2.24, 2.45) is 10.9 Å². The molecule has 0 spiro atoms. The summed E-state index contributed by atoms with van der Waals surface area (Å²) in [7, 11) is 0. The van der Waals surface area contributed by atoms with E-state index in [9.17, 15) is 9.18 Å². The van der Waals surface area contributed by atoms with Gasteiger partial charge in [0.2, 0.25) is 5.91 Å². The Morgan fingerprint density at radius 3 is 2.48 bits per heavy atom. The number of halogens is 1. The zero-order valence-electron chi connectivity index (χ0n) is 16.2. The molecule has 1 saturated heterocycles. The summed E-state index contributed by atoms with van der Waals surface area (Å²) >= 11 is 0. The molecule has 0 aromatic heterocycles. The topological polar surface area (TPSA) is 60.0 Å². The van der Waals surface area contributed by atoms with E-state index in [1.807, 2.05) is 11.8 Å². The predicted molar refractivity (Wildman–Crippen MR) is 106 cm³/mol. The van der Waals surface area contributed by atoms with Crippen molar-refractivity contribution in [3.63, 3.8) is 0 Å². The molecule has 1 heterocycles. The average Bonchev–Trinajstić information content (AvgIpc) is 3.37. The number of guanidine groups is 1. The number of carbonyl (C=O) groups is 1. The molecule has 2 fully saturated rings. The molecule has 2 unspecified atom stereocenters. The Morgan fingerprint density at radius 2 is 1.89 bits per heavy atom. The second kappa shape index (κ2) is 9.06. The standard InChI is InChI=1S/C20H30FN5O/c1-3-22-20(24-18-14-15(18)2)23-9-8-19(27)26-12-10-25(11-13-26)17-6-4-16(21)5-7-17/h4-7,15,18H,3,8-14H2,1-2H3,(H2,22,23,24). The van der Waals surface area contributed by atoms with Crippen molar-refractivity contribution in [2.45, 2.75) is 32.7 Å². The van der Waals surface area contributed by atoms with E-state index in [4.69, 9.17) is 0 Å². The van der Waals surface area contributed by atoms with Crippen molar-refractivity contribution >= 4 is 17.6 Å². The van der Waals surface area contributed by atoms with Gasteiger partial charge in [-0.2, -0.15) is 0 Å². The Kier molecular flexibility index (Phi) is 6.53. The van der Waals surface area contributed by atoms with Crippen molar-refractivity contribution in [1.29, 1.82) is 0 Å². The van der Waals surface area contributed by atoms with Crippen LogP contribution in [0.1, 0.15) is 26.7 Å². The number of nitrogens with one attached hydrogen (secondary N) is 2. The summed E-state index contributed by atoms with van der Waals surface area (Å²) in [5.41, 5.74) is 1.00. The minimum atomic E-state index is -0.226. The van der Waals surface area contributed by atoms with Gasteiger partial charge in [-0.3, -0.25) is 9.79 Å². The third-order valence-electron chi connectivity index (χ3n) is 5.20. The highest BCUT2D eigenvalue weighted by Gasteiger charge is 2.33. The van der Waals surface area contributed by atoms with Crippen LogP contribution in [0.15, 0.2) is 29.3 Å². The molecule has 1 aliphatic carbocycles. The van der Waals surface area contributed by atoms with Gasteiger partial charge in [-0.05, 0) is 43.5 Å². The van der Waals surface area contributed by atoms with Gasteiger partial charge in [-0.1, -0.05) is 6.92 Å². The molecule has 1 aromatic rings. The van der Waals surface area contributed by atoms with Crippen LogP contribution in [0.4, 0.5) is 10.1 Å². The maximum absolute atomic E-state index is 13.0. The second-order valence-corrected chi connectivity index (χ2v) is 7.32. The first-order valence-corrected chi connectivity index (χ1v) is 9.90. The van der Waals surface area contributed by atoms with E-state index in [1.54, 1.807) is 12.1 Å². The summed E-state index contributed by atoms with van der Waals surface area (Å²) in [6, 6.07) is 7.04. The van der Waals surface area contributed by atoms with Gasteiger partial charge in [0.1, 0.15) is 5.82 Å². The summed E-state index contributed by atoms with van der Waals surface area (Å²) in [6.07, 6.45) is 1.61. The molecule has 3 rings (SSSR count). The Bertz CT molecular complexity index is 655. The average molecular weight is 375 g/mol. The van der Waals surface area contributed by atoms with E-state index < -0.39 is 0 Å². The van der Waals surface area contributed by atoms with E-state index in [0.717, 1.165) is 31.3 Å². The highest BCUT2D eigenvalue weighted by molar-refractivity contribution is 5.81. The molecule has 7 heteroatoms. The number of rotatable bonds is 6. The third kappa shape index (κ3) is 5.58. The van der Waals surface area contributed by atoms with Crippen LogP contribution in [-0.4, -0.2) is 62.1 Å². The van der Waals surface area contributed by atoms with Crippen LogP contribution in [0, 0.1) is 11.7 Å².